The third-order valence-corrected chi connectivity index (χ3v) is 3.20. The molecule has 0 saturated carbocycles. The molecule has 25 heavy (non-hydrogen) atoms. The molecule has 0 aliphatic carbocycles. The normalized spacial score (nSPS) is 12.5. The van der Waals surface area contributed by atoms with Crippen LogP contribution >= 0.6 is 11.6 Å². The zero-order valence-corrected chi connectivity index (χ0v) is 16.4. The predicted molar refractivity (Wildman–Crippen MR) is 98.8 cm³/mol. The average molecular weight is 371 g/mol. The zero-order chi connectivity index (χ0) is 19.2. The van der Waals surface area contributed by atoms with E-state index in [1.807, 2.05) is 46.8 Å². The van der Waals surface area contributed by atoms with Crippen LogP contribution < -0.4 is 5.32 Å². The monoisotopic (exact) mass is 370 g/mol. The number of amides is 2. The number of nitrogens with zero attached hydrogens (tertiary/aromatic N) is 1. The average Bonchev–Trinajstić information content (AvgIpc) is 2.42. The van der Waals surface area contributed by atoms with Crippen LogP contribution in [0, 0.1) is 0 Å². The Morgan fingerprint density at radius 1 is 1.20 bits per heavy atom. The van der Waals surface area contributed by atoms with Crippen molar-refractivity contribution in [2.75, 3.05) is 5.32 Å². The number of carbonyl (C=O) groups is 2. The van der Waals surface area contributed by atoms with Gasteiger partial charge in [0.1, 0.15) is 5.60 Å². The van der Waals surface area contributed by atoms with Crippen molar-refractivity contribution < 1.29 is 19.1 Å². The summed E-state index contributed by atoms with van der Waals surface area (Å²) in [6.45, 7) is 11.1. The van der Waals surface area contributed by atoms with Gasteiger partial charge in [-0.05, 0) is 53.2 Å². The van der Waals surface area contributed by atoms with Crippen LogP contribution in [0.5, 0.6) is 0 Å². The standard InChI is InChI=1S/C18H27ClN2O4/c1-12(2)21(17(23)25-18(4,5)6)11-14-9-7-8-10-15(14)20-16(22)24-13(3)19/h7-10,12-13H,11H2,1-6H3,(H,20,22). The van der Waals surface area contributed by atoms with Gasteiger partial charge in [0.25, 0.3) is 0 Å². The second-order valence-electron chi connectivity index (χ2n) is 6.93. The number of halogens is 1. The Morgan fingerprint density at radius 2 is 1.80 bits per heavy atom. The molecule has 1 N–H and O–H groups in total. The van der Waals surface area contributed by atoms with Gasteiger partial charge in [-0.2, -0.15) is 0 Å². The van der Waals surface area contributed by atoms with Crippen molar-refractivity contribution in [3.05, 3.63) is 29.8 Å². The zero-order valence-electron chi connectivity index (χ0n) is 15.6. The molecule has 0 fully saturated rings. The Labute approximate surface area is 154 Å². The van der Waals surface area contributed by atoms with Crippen LogP contribution in [0.2, 0.25) is 0 Å². The highest BCUT2D eigenvalue weighted by Crippen LogP contribution is 2.21. The molecule has 0 aromatic heterocycles. The van der Waals surface area contributed by atoms with Gasteiger partial charge in [-0.3, -0.25) is 5.32 Å². The molecular formula is C18H27ClN2O4. The van der Waals surface area contributed by atoms with E-state index in [9.17, 15) is 9.59 Å². The Kier molecular flexibility index (Phi) is 7.55. The highest BCUT2D eigenvalue weighted by Gasteiger charge is 2.25. The molecule has 0 heterocycles. The first-order valence-corrected chi connectivity index (χ1v) is 8.62. The van der Waals surface area contributed by atoms with Crippen LogP contribution in [0.3, 0.4) is 0 Å². The van der Waals surface area contributed by atoms with E-state index in [-0.39, 0.29) is 6.04 Å². The van der Waals surface area contributed by atoms with Gasteiger partial charge in [-0.15, -0.1) is 0 Å². The van der Waals surface area contributed by atoms with Gasteiger partial charge in [0, 0.05) is 11.7 Å². The maximum atomic E-state index is 12.5. The Morgan fingerprint density at radius 3 is 2.32 bits per heavy atom. The van der Waals surface area contributed by atoms with E-state index in [0.29, 0.717) is 12.2 Å². The summed E-state index contributed by atoms with van der Waals surface area (Å²) in [5, 5.41) is 2.65. The fourth-order valence-corrected chi connectivity index (χ4v) is 2.11. The van der Waals surface area contributed by atoms with Gasteiger partial charge >= 0.3 is 12.2 Å². The summed E-state index contributed by atoms with van der Waals surface area (Å²) in [5.41, 5.74) is 0.00351. The van der Waals surface area contributed by atoms with Crippen molar-refractivity contribution in [3.63, 3.8) is 0 Å². The smallest absolute Gasteiger partial charge is 0.413 e. The first-order chi connectivity index (χ1) is 11.5. The molecule has 1 unspecified atom stereocenters. The molecule has 0 aliphatic heterocycles. The third kappa shape index (κ3) is 7.65. The highest BCUT2D eigenvalue weighted by atomic mass is 35.5. The summed E-state index contributed by atoms with van der Waals surface area (Å²) in [4.78, 5) is 25.8. The second kappa shape index (κ2) is 8.94. The van der Waals surface area contributed by atoms with Gasteiger partial charge in [0.05, 0.1) is 6.54 Å². The maximum absolute atomic E-state index is 12.5. The SMILES string of the molecule is CC(Cl)OC(=O)Nc1ccccc1CN(C(=O)OC(C)(C)C)C(C)C. The number of hydrogen-bond acceptors (Lipinski definition) is 4. The van der Waals surface area contributed by atoms with Gasteiger partial charge in [-0.1, -0.05) is 29.8 Å². The van der Waals surface area contributed by atoms with E-state index >= 15 is 0 Å². The number of nitrogens with one attached hydrogen (secondary N) is 1. The van der Waals surface area contributed by atoms with Gasteiger partial charge < -0.3 is 14.4 Å². The Balaban J connectivity index is 2.95. The van der Waals surface area contributed by atoms with Crippen LogP contribution in [0.15, 0.2) is 24.3 Å². The van der Waals surface area contributed by atoms with E-state index in [1.54, 1.807) is 24.0 Å². The highest BCUT2D eigenvalue weighted by molar-refractivity contribution is 6.20. The number of rotatable bonds is 5. The van der Waals surface area contributed by atoms with Crippen LogP contribution in [0.4, 0.5) is 15.3 Å². The van der Waals surface area contributed by atoms with E-state index in [4.69, 9.17) is 21.1 Å². The molecule has 0 saturated heterocycles. The summed E-state index contributed by atoms with van der Waals surface area (Å²) in [6, 6.07) is 7.13. The number of alkyl halides is 1. The fourth-order valence-electron chi connectivity index (χ4n) is 2.03. The summed E-state index contributed by atoms with van der Waals surface area (Å²) in [7, 11) is 0. The summed E-state index contributed by atoms with van der Waals surface area (Å²) in [5.74, 6) is 0. The van der Waals surface area contributed by atoms with Gasteiger partial charge in [-0.25, -0.2) is 9.59 Å². The molecule has 1 aromatic rings. The number of anilines is 1. The van der Waals surface area contributed by atoms with Crippen molar-refractivity contribution in [1.29, 1.82) is 0 Å². The molecule has 1 atom stereocenters. The van der Waals surface area contributed by atoms with Crippen LogP contribution in [-0.4, -0.2) is 34.3 Å². The first kappa shape index (κ1) is 21.1. The molecule has 6 nitrogen and oxygen atoms in total. The maximum Gasteiger partial charge on any atom is 0.413 e. The summed E-state index contributed by atoms with van der Waals surface area (Å²) in [6.07, 6.45) is -1.06. The van der Waals surface area contributed by atoms with E-state index in [1.165, 1.54) is 0 Å². The second-order valence-corrected chi connectivity index (χ2v) is 7.55. The molecule has 0 aliphatic rings. The first-order valence-electron chi connectivity index (χ1n) is 8.19. The topological polar surface area (TPSA) is 67.9 Å². The number of ether oxygens (including phenoxy) is 2. The number of benzene rings is 1. The lowest BCUT2D eigenvalue weighted by molar-refractivity contribution is 0.0172. The Hall–Kier alpha value is -1.95. The van der Waals surface area contributed by atoms with Crippen molar-refractivity contribution >= 4 is 29.5 Å². The quantitative estimate of drug-likeness (QED) is 0.743. The number of hydrogen-bond donors (Lipinski definition) is 1. The number of para-hydroxylation sites is 1. The molecule has 140 valence electrons. The minimum Gasteiger partial charge on any atom is -0.444 e. The molecule has 0 spiro atoms. The molecule has 0 radical (unpaired) electrons. The van der Waals surface area contributed by atoms with Crippen molar-refractivity contribution in [2.24, 2.45) is 0 Å². The molecule has 7 heteroatoms. The molecule has 2 amide bonds. The summed E-state index contributed by atoms with van der Waals surface area (Å²) >= 11 is 5.66. The fraction of sp³-hybridized carbons (Fsp3) is 0.556. The van der Waals surface area contributed by atoms with E-state index < -0.39 is 23.4 Å². The lowest BCUT2D eigenvalue weighted by Gasteiger charge is -2.30. The van der Waals surface area contributed by atoms with Crippen LogP contribution in [0.1, 0.15) is 47.1 Å². The molecule has 1 rings (SSSR count). The predicted octanol–water partition coefficient (Wildman–Crippen LogP) is 4.97. The van der Waals surface area contributed by atoms with Crippen LogP contribution in [0.25, 0.3) is 0 Å². The lowest BCUT2D eigenvalue weighted by Crippen LogP contribution is -2.40. The third-order valence-electron chi connectivity index (χ3n) is 3.12. The molecule has 1 aromatic carbocycles. The van der Waals surface area contributed by atoms with Gasteiger partial charge in [0.15, 0.2) is 5.56 Å². The minimum atomic E-state index is -0.735. The van der Waals surface area contributed by atoms with E-state index in [0.717, 1.165) is 5.56 Å². The lowest BCUT2D eigenvalue weighted by atomic mass is 10.1. The van der Waals surface area contributed by atoms with Crippen molar-refractivity contribution in [1.82, 2.24) is 4.90 Å². The molecular weight excluding hydrogens is 344 g/mol. The molecule has 0 bridgehead atoms. The Bertz CT molecular complexity index is 597. The van der Waals surface area contributed by atoms with Crippen molar-refractivity contribution in [3.8, 4) is 0 Å². The van der Waals surface area contributed by atoms with E-state index in [2.05, 4.69) is 5.32 Å². The minimum absolute atomic E-state index is 0.0716. The van der Waals surface area contributed by atoms with Gasteiger partial charge in [0.2, 0.25) is 0 Å². The number of carbonyl (C=O) groups excluding carboxylic acids is 2. The largest absolute Gasteiger partial charge is 0.444 e. The van der Waals surface area contributed by atoms with Crippen LogP contribution in [-0.2, 0) is 16.0 Å². The summed E-state index contributed by atoms with van der Waals surface area (Å²) < 4.78 is 10.3. The van der Waals surface area contributed by atoms with Crippen molar-refractivity contribution in [2.45, 2.75) is 65.3 Å².